The summed E-state index contributed by atoms with van der Waals surface area (Å²) in [5.74, 6) is -0.987. The van der Waals surface area contributed by atoms with E-state index < -0.39 is 18.4 Å². The fourth-order valence-corrected chi connectivity index (χ4v) is 2.79. The zero-order valence-electron chi connectivity index (χ0n) is 12.5. The highest BCUT2D eigenvalue weighted by Gasteiger charge is 2.35. The van der Waals surface area contributed by atoms with Gasteiger partial charge in [0.1, 0.15) is 11.9 Å². The molecule has 3 aliphatic rings. The van der Waals surface area contributed by atoms with E-state index >= 15 is 0 Å². The molecule has 0 bridgehead atoms. The minimum atomic E-state index is -1.22. The number of allylic oxidation sites excluding steroid dienone is 6. The minimum absolute atomic E-state index is 0.336. The lowest BCUT2D eigenvalue weighted by atomic mass is 9.85. The summed E-state index contributed by atoms with van der Waals surface area (Å²) in [6.45, 7) is 1.84. The maximum absolute atomic E-state index is 14.5. The van der Waals surface area contributed by atoms with Gasteiger partial charge in [-0.1, -0.05) is 18.2 Å². The van der Waals surface area contributed by atoms with Gasteiger partial charge in [0.05, 0.1) is 13.4 Å². The van der Waals surface area contributed by atoms with Crippen LogP contribution in [0.5, 0.6) is 0 Å². The van der Waals surface area contributed by atoms with Gasteiger partial charge in [-0.25, -0.2) is 9.18 Å². The molecule has 116 valence electrons. The van der Waals surface area contributed by atoms with Crippen molar-refractivity contribution in [2.24, 2.45) is 0 Å². The molecule has 4 nitrogen and oxygen atoms in total. The van der Waals surface area contributed by atoms with Crippen molar-refractivity contribution in [2.45, 2.75) is 32.2 Å². The summed E-state index contributed by atoms with van der Waals surface area (Å²) in [6.07, 6.45) is 8.07. The second kappa shape index (κ2) is 5.93. The number of hydrogen-bond donors (Lipinski definition) is 0. The van der Waals surface area contributed by atoms with Gasteiger partial charge in [-0.05, 0) is 37.0 Å². The smallest absolute Gasteiger partial charge is 0.376 e. The van der Waals surface area contributed by atoms with Gasteiger partial charge >= 0.3 is 5.97 Å². The van der Waals surface area contributed by atoms with Gasteiger partial charge in [0.2, 0.25) is 0 Å². The number of methoxy groups -OCH3 is 1. The van der Waals surface area contributed by atoms with Crippen LogP contribution in [0.2, 0.25) is 0 Å². The number of ether oxygens (including phenoxy) is 3. The second-order valence-electron chi connectivity index (χ2n) is 5.34. The highest BCUT2D eigenvalue weighted by atomic mass is 19.1. The van der Waals surface area contributed by atoms with E-state index in [9.17, 15) is 9.18 Å². The van der Waals surface area contributed by atoms with E-state index in [1.807, 2.05) is 19.1 Å². The van der Waals surface area contributed by atoms with Gasteiger partial charge in [0.15, 0.2) is 0 Å². The van der Waals surface area contributed by atoms with Gasteiger partial charge in [0.25, 0.3) is 6.29 Å². The number of halogens is 1. The molecule has 0 amide bonds. The van der Waals surface area contributed by atoms with Crippen LogP contribution in [0.15, 0.2) is 58.7 Å². The Balaban J connectivity index is 2.11. The lowest BCUT2D eigenvalue weighted by Crippen LogP contribution is -2.35. The summed E-state index contributed by atoms with van der Waals surface area (Å²) in [7, 11) is 1.26. The first-order valence-electron chi connectivity index (χ1n) is 7.15. The molecular weight excluding hydrogens is 287 g/mol. The highest BCUT2D eigenvalue weighted by molar-refractivity contribution is 5.73. The predicted molar refractivity (Wildman–Crippen MR) is 78.2 cm³/mol. The molecule has 3 rings (SSSR count). The van der Waals surface area contributed by atoms with E-state index in [0.717, 1.165) is 23.1 Å². The van der Waals surface area contributed by atoms with Crippen LogP contribution >= 0.6 is 0 Å². The number of rotatable bonds is 1. The number of fused-ring (bicyclic) bond motifs is 2. The zero-order chi connectivity index (χ0) is 15.7. The molecule has 1 aliphatic heterocycles. The highest BCUT2D eigenvalue weighted by Crippen LogP contribution is 2.39. The van der Waals surface area contributed by atoms with Crippen molar-refractivity contribution >= 4 is 5.97 Å². The Hall–Kier alpha value is -2.14. The summed E-state index contributed by atoms with van der Waals surface area (Å²) in [6, 6.07) is 0. The zero-order valence-corrected chi connectivity index (χ0v) is 12.5. The topological polar surface area (TPSA) is 44.8 Å². The molecule has 0 radical (unpaired) electrons. The molecule has 0 saturated heterocycles. The Morgan fingerprint density at radius 2 is 2.23 bits per heavy atom. The molecule has 0 aromatic heterocycles. The number of hydrogen-bond acceptors (Lipinski definition) is 4. The van der Waals surface area contributed by atoms with Crippen LogP contribution in [0.4, 0.5) is 4.39 Å². The Labute approximate surface area is 128 Å². The van der Waals surface area contributed by atoms with E-state index in [2.05, 4.69) is 4.74 Å². The van der Waals surface area contributed by atoms with E-state index in [1.54, 1.807) is 6.08 Å². The van der Waals surface area contributed by atoms with Gasteiger partial charge in [0, 0.05) is 11.1 Å². The molecule has 0 spiro atoms. The van der Waals surface area contributed by atoms with Gasteiger partial charge in [-0.3, -0.25) is 0 Å². The monoisotopic (exact) mass is 304 g/mol. The first-order valence-corrected chi connectivity index (χ1v) is 7.15. The Bertz CT molecular complexity index is 652. The first-order chi connectivity index (χ1) is 10.6. The van der Waals surface area contributed by atoms with Crippen LogP contribution in [0.3, 0.4) is 0 Å². The molecule has 0 saturated carbocycles. The molecule has 5 heteroatoms. The number of carbonyl (C=O) groups excluding carboxylic acids is 1. The Kier molecular flexibility index (Phi) is 3.98. The largest absolute Gasteiger partial charge is 0.464 e. The van der Waals surface area contributed by atoms with Crippen LogP contribution < -0.4 is 0 Å². The fraction of sp³-hybridized carbons (Fsp3) is 0.353. The lowest BCUT2D eigenvalue weighted by Gasteiger charge is -2.32. The van der Waals surface area contributed by atoms with Crippen LogP contribution in [0, 0.1) is 0 Å². The van der Waals surface area contributed by atoms with Crippen molar-refractivity contribution in [1.82, 2.24) is 0 Å². The summed E-state index contributed by atoms with van der Waals surface area (Å²) < 4.78 is 30.3. The van der Waals surface area contributed by atoms with E-state index in [-0.39, 0.29) is 5.83 Å². The summed E-state index contributed by atoms with van der Waals surface area (Å²) >= 11 is 0. The van der Waals surface area contributed by atoms with Crippen LogP contribution in [-0.4, -0.2) is 25.5 Å². The lowest BCUT2D eigenvalue weighted by molar-refractivity contribution is -0.186. The second-order valence-corrected chi connectivity index (χ2v) is 5.34. The van der Waals surface area contributed by atoms with Gasteiger partial charge in [-0.2, -0.15) is 0 Å². The molecule has 0 aromatic rings. The molecule has 0 fully saturated rings. The Morgan fingerprint density at radius 1 is 1.41 bits per heavy atom. The van der Waals surface area contributed by atoms with Crippen molar-refractivity contribution < 1.29 is 23.4 Å². The van der Waals surface area contributed by atoms with Crippen molar-refractivity contribution in [1.29, 1.82) is 0 Å². The van der Waals surface area contributed by atoms with Crippen LogP contribution in [0.1, 0.15) is 19.8 Å². The minimum Gasteiger partial charge on any atom is -0.464 e. The van der Waals surface area contributed by atoms with Crippen molar-refractivity contribution in [2.75, 3.05) is 7.11 Å². The summed E-state index contributed by atoms with van der Waals surface area (Å²) in [5, 5.41) is 0. The average molecular weight is 304 g/mol. The third-order valence-electron chi connectivity index (χ3n) is 3.93. The normalized spacial score (nSPS) is 30.6. The molecule has 2 aliphatic carbocycles. The van der Waals surface area contributed by atoms with Crippen molar-refractivity contribution in [3.8, 4) is 0 Å². The van der Waals surface area contributed by atoms with Crippen molar-refractivity contribution in [3.05, 3.63) is 58.7 Å². The van der Waals surface area contributed by atoms with E-state index in [1.165, 1.54) is 19.4 Å². The molecule has 2 unspecified atom stereocenters. The molecule has 1 heterocycles. The van der Waals surface area contributed by atoms with Gasteiger partial charge in [-0.15, -0.1) is 0 Å². The van der Waals surface area contributed by atoms with Crippen molar-refractivity contribution in [3.63, 3.8) is 0 Å². The molecular formula is C17H17FO4. The molecule has 0 aromatic carbocycles. The Morgan fingerprint density at radius 3 is 3.00 bits per heavy atom. The predicted octanol–water partition coefficient (Wildman–Crippen LogP) is 3.24. The average Bonchev–Trinajstić information content (AvgIpc) is 2.52. The van der Waals surface area contributed by atoms with E-state index in [0.29, 0.717) is 12.0 Å². The van der Waals surface area contributed by atoms with Crippen LogP contribution in [0.25, 0.3) is 0 Å². The van der Waals surface area contributed by atoms with E-state index in [4.69, 9.17) is 9.47 Å². The first kappa shape index (κ1) is 14.8. The van der Waals surface area contributed by atoms with Gasteiger partial charge < -0.3 is 14.2 Å². The molecule has 22 heavy (non-hydrogen) atoms. The SMILES string of the molecule is COC(=O)C1OC=C2C=CCC/C2=C2\C(F)=CC=C(C)C2O1. The summed E-state index contributed by atoms with van der Waals surface area (Å²) in [5.41, 5.74) is 2.92. The number of esters is 1. The third kappa shape index (κ3) is 2.52. The standard InChI is InChI=1S/C17H17FO4/c1-10-7-8-13(18)14-12-6-4-3-5-11(12)9-21-17(16(19)20-2)22-15(10)14/h3,5,7-9,15,17H,4,6H2,1-2H3/b11-9?,14-12-. The summed E-state index contributed by atoms with van der Waals surface area (Å²) in [4.78, 5) is 11.8. The quantitative estimate of drug-likeness (QED) is 0.698. The molecule has 2 atom stereocenters. The fourth-order valence-electron chi connectivity index (χ4n) is 2.79. The maximum Gasteiger partial charge on any atom is 0.376 e. The van der Waals surface area contributed by atoms with Crippen LogP contribution in [-0.2, 0) is 19.0 Å². The third-order valence-corrected chi connectivity index (χ3v) is 3.93. The number of carbonyl (C=O) groups is 1. The maximum atomic E-state index is 14.5. The molecule has 0 N–H and O–H groups in total.